The molecule has 0 aromatic carbocycles. The topological polar surface area (TPSA) is 54.2 Å². The fourth-order valence-electron chi connectivity index (χ4n) is 3.30. The molecular formula is C19H34IN5. The lowest BCUT2D eigenvalue weighted by Crippen LogP contribution is -2.43. The van der Waals surface area contributed by atoms with Gasteiger partial charge in [-0.05, 0) is 65.4 Å². The number of aliphatic imine (C=N–C) groups is 1. The average molecular weight is 459 g/mol. The molecule has 2 N–H and O–H groups in total. The third-order valence-corrected chi connectivity index (χ3v) is 4.73. The Balaban J connectivity index is 0.00000312. The number of hydrogen-bond donors (Lipinski definition) is 2. The summed E-state index contributed by atoms with van der Waals surface area (Å²) in [6.45, 7) is 10.3. The highest BCUT2D eigenvalue weighted by Crippen LogP contribution is 2.20. The molecule has 1 aliphatic carbocycles. The molecule has 1 aromatic heterocycles. The minimum absolute atomic E-state index is 0. The molecule has 5 nitrogen and oxygen atoms in total. The Bertz CT molecular complexity index is 603. The monoisotopic (exact) mass is 459 g/mol. The second kappa shape index (κ2) is 10.8. The Hall–Kier alpha value is -1.05. The number of hydrogen-bond acceptors (Lipinski definition) is 2. The van der Waals surface area contributed by atoms with Crippen LogP contribution in [-0.4, -0.2) is 34.9 Å². The van der Waals surface area contributed by atoms with Crippen LogP contribution in [0.3, 0.4) is 0 Å². The molecule has 25 heavy (non-hydrogen) atoms. The molecule has 0 spiro atoms. The van der Waals surface area contributed by atoms with E-state index < -0.39 is 0 Å². The summed E-state index contributed by atoms with van der Waals surface area (Å²) in [5, 5.41) is 11.4. The minimum Gasteiger partial charge on any atom is -0.357 e. The lowest BCUT2D eigenvalue weighted by atomic mass is 10.1. The highest BCUT2D eigenvalue weighted by Gasteiger charge is 2.14. The fourth-order valence-corrected chi connectivity index (χ4v) is 3.30. The van der Waals surface area contributed by atoms with Gasteiger partial charge in [0.2, 0.25) is 0 Å². The molecule has 0 saturated heterocycles. The van der Waals surface area contributed by atoms with Crippen LogP contribution in [0.25, 0.3) is 0 Å². The summed E-state index contributed by atoms with van der Waals surface area (Å²) in [7, 11) is 2.01. The standard InChI is InChI=1S/C19H33N5.HI/c1-6-20-19(21-12-11-17-9-7-8-10-17)22-14(2)13-18-15(3)23-24(5)16(18)4;/h9,14H,6-8,10-13H2,1-5H3,(H2,20,21,22);1H. The smallest absolute Gasteiger partial charge is 0.191 e. The molecule has 0 bridgehead atoms. The molecule has 2 rings (SSSR count). The van der Waals surface area contributed by atoms with Crippen molar-refractivity contribution < 1.29 is 0 Å². The van der Waals surface area contributed by atoms with Gasteiger partial charge < -0.3 is 10.6 Å². The highest BCUT2D eigenvalue weighted by atomic mass is 127. The first-order valence-corrected chi connectivity index (χ1v) is 9.23. The van der Waals surface area contributed by atoms with Crippen LogP contribution in [0.5, 0.6) is 0 Å². The molecule has 1 aliphatic rings. The van der Waals surface area contributed by atoms with Crippen LogP contribution in [0.2, 0.25) is 0 Å². The van der Waals surface area contributed by atoms with Gasteiger partial charge in [-0.25, -0.2) is 0 Å². The summed E-state index contributed by atoms with van der Waals surface area (Å²) < 4.78 is 1.96. The molecule has 1 heterocycles. The van der Waals surface area contributed by atoms with Gasteiger partial charge in [-0.15, -0.1) is 24.0 Å². The van der Waals surface area contributed by atoms with Gasteiger partial charge >= 0.3 is 0 Å². The Labute approximate surface area is 169 Å². The van der Waals surface area contributed by atoms with Crippen molar-refractivity contribution in [2.45, 2.75) is 65.8 Å². The van der Waals surface area contributed by atoms with Crippen molar-refractivity contribution >= 4 is 29.9 Å². The van der Waals surface area contributed by atoms with Gasteiger partial charge in [-0.1, -0.05) is 11.6 Å². The van der Waals surface area contributed by atoms with E-state index in [-0.39, 0.29) is 24.0 Å². The zero-order valence-corrected chi connectivity index (χ0v) is 18.7. The maximum atomic E-state index is 4.74. The van der Waals surface area contributed by atoms with E-state index in [1.807, 2.05) is 11.7 Å². The van der Waals surface area contributed by atoms with E-state index in [2.05, 4.69) is 49.5 Å². The third kappa shape index (κ3) is 6.64. The average Bonchev–Trinajstić information content (AvgIpc) is 3.12. The van der Waals surface area contributed by atoms with E-state index in [0.717, 1.165) is 37.6 Å². The van der Waals surface area contributed by atoms with E-state index in [1.165, 1.54) is 30.5 Å². The van der Waals surface area contributed by atoms with Gasteiger partial charge in [0.15, 0.2) is 5.96 Å². The summed E-state index contributed by atoms with van der Waals surface area (Å²) in [6, 6.07) is 0.315. The Morgan fingerprint density at radius 1 is 1.40 bits per heavy atom. The van der Waals surface area contributed by atoms with Crippen molar-refractivity contribution in [3.05, 3.63) is 28.6 Å². The van der Waals surface area contributed by atoms with Crippen molar-refractivity contribution in [2.24, 2.45) is 12.0 Å². The number of nitrogens with one attached hydrogen (secondary N) is 2. The molecule has 0 amide bonds. The molecule has 142 valence electrons. The van der Waals surface area contributed by atoms with Crippen LogP contribution in [0, 0.1) is 13.8 Å². The van der Waals surface area contributed by atoms with Gasteiger partial charge in [-0.2, -0.15) is 5.10 Å². The van der Waals surface area contributed by atoms with Crippen LogP contribution >= 0.6 is 24.0 Å². The second-order valence-electron chi connectivity index (χ2n) is 6.79. The number of halogens is 1. The first-order chi connectivity index (χ1) is 11.5. The van der Waals surface area contributed by atoms with E-state index in [4.69, 9.17) is 4.99 Å². The van der Waals surface area contributed by atoms with Gasteiger partial charge in [0.25, 0.3) is 0 Å². The normalized spacial score (nSPS) is 15.6. The summed E-state index contributed by atoms with van der Waals surface area (Å²) in [4.78, 5) is 4.74. The number of guanidine groups is 1. The summed E-state index contributed by atoms with van der Waals surface area (Å²) in [5.74, 6) is 0.919. The van der Waals surface area contributed by atoms with Gasteiger partial charge in [0.1, 0.15) is 0 Å². The second-order valence-corrected chi connectivity index (χ2v) is 6.79. The van der Waals surface area contributed by atoms with Gasteiger partial charge in [0.05, 0.1) is 5.69 Å². The van der Waals surface area contributed by atoms with E-state index in [9.17, 15) is 0 Å². The number of rotatable bonds is 7. The molecule has 1 aromatic rings. The zero-order valence-electron chi connectivity index (χ0n) is 16.4. The quantitative estimate of drug-likeness (QED) is 0.283. The van der Waals surface area contributed by atoms with E-state index in [1.54, 1.807) is 5.57 Å². The maximum Gasteiger partial charge on any atom is 0.191 e. The molecular weight excluding hydrogens is 425 g/mol. The van der Waals surface area contributed by atoms with E-state index in [0.29, 0.717) is 6.04 Å². The number of nitrogens with zero attached hydrogens (tertiary/aromatic N) is 3. The van der Waals surface area contributed by atoms with Crippen molar-refractivity contribution in [3.8, 4) is 0 Å². The lowest BCUT2D eigenvalue weighted by Gasteiger charge is -2.18. The molecule has 0 radical (unpaired) electrons. The first kappa shape index (κ1) is 22.0. The van der Waals surface area contributed by atoms with Crippen molar-refractivity contribution in [2.75, 3.05) is 13.1 Å². The predicted octanol–water partition coefficient (Wildman–Crippen LogP) is 3.64. The van der Waals surface area contributed by atoms with E-state index >= 15 is 0 Å². The van der Waals surface area contributed by atoms with Gasteiger partial charge in [-0.3, -0.25) is 9.67 Å². The largest absolute Gasteiger partial charge is 0.357 e. The van der Waals surface area contributed by atoms with Crippen LogP contribution in [0.4, 0.5) is 0 Å². The Morgan fingerprint density at radius 3 is 2.72 bits per heavy atom. The molecule has 0 saturated carbocycles. The number of aromatic nitrogens is 2. The minimum atomic E-state index is 0. The van der Waals surface area contributed by atoms with Crippen LogP contribution in [0.15, 0.2) is 16.6 Å². The Morgan fingerprint density at radius 2 is 2.16 bits per heavy atom. The molecule has 1 unspecified atom stereocenters. The first-order valence-electron chi connectivity index (χ1n) is 9.23. The third-order valence-electron chi connectivity index (χ3n) is 4.73. The zero-order chi connectivity index (χ0) is 17.5. The van der Waals surface area contributed by atoms with Crippen molar-refractivity contribution in [1.29, 1.82) is 0 Å². The van der Waals surface area contributed by atoms with Crippen LogP contribution in [-0.2, 0) is 13.5 Å². The molecule has 6 heteroatoms. The summed E-state index contributed by atoms with van der Waals surface area (Å²) >= 11 is 0. The molecule has 1 atom stereocenters. The fraction of sp³-hybridized carbons (Fsp3) is 0.684. The lowest BCUT2D eigenvalue weighted by molar-refractivity contribution is 0.635. The van der Waals surface area contributed by atoms with Gasteiger partial charge in [0, 0.05) is 31.9 Å². The summed E-state index contributed by atoms with van der Waals surface area (Å²) in [5.41, 5.74) is 5.28. The maximum absolute atomic E-state index is 4.74. The van der Waals surface area contributed by atoms with Crippen LogP contribution < -0.4 is 10.6 Å². The highest BCUT2D eigenvalue weighted by molar-refractivity contribution is 14.0. The number of allylic oxidation sites excluding steroid dienone is 1. The predicted molar refractivity (Wildman–Crippen MR) is 117 cm³/mol. The van der Waals surface area contributed by atoms with Crippen molar-refractivity contribution in [3.63, 3.8) is 0 Å². The molecule has 0 aliphatic heterocycles. The SMILES string of the molecule is CCNC(=NCCC1=CCCC1)NC(C)Cc1c(C)nn(C)c1C.I. The Kier molecular flexibility index (Phi) is 9.53. The summed E-state index contributed by atoms with van der Waals surface area (Å²) in [6.07, 6.45) is 8.26. The van der Waals surface area contributed by atoms with Crippen molar-refractivity contribution in [1.82, 2.24) is 20.4 Å². The van der Waals surface area contributed by atoms with Crippen LogP contribution in [0.1, 0.15) is 56.5 Å². The molecule has 0 fully saturated rings. The number of aryl methyl sites for hydroxylation is 2.